The van der Waals surface area contributed by atoms with E-state index in [1.165, 1.54) is 0 Å². The molecule has 0 aliphatic carbocycles. The maximum Gasteiger partial charge on any atom is 0.123 e. The highest BCUT2D eigenvalue weighted by molar-refractivity contribution is 5.85. The molecule has 12 heavy (non-hydrogen) atoms. The number of fused-ring (bicyclic) bond motifs is 1. The molecule has 0 saturated carbocycles. The maximum absolute atomic E-state index is 9.52. The first kappa shape index (κ1) is 9.58. The van der Waals surface area contributed by atoms with Crippen LogP contribution in [0.3, 0.4) is 0 Å². The molecule has 1 aromatic rings. The van der Waals surface area contributed by atoms with Crippen molar-refractivity contribution in [3.8, 4) is 0 Å². The summed E-state index contributed by atoms with van der Waals surface area (Å²) in [6.45, 7) is 1.51. The lowest BCUT2D eigenvalue weighted by molar-refractivity contribution is 0.1000. The standard InChI is InChI=1S/C8H11NO2.ClH/c1-9-4-7(10)6-2-3-11-8(6)5-9;/h2-3,7,10H,4-5H2,1H3;1H. The first-order chi connectivity index (χ1) is 5.27. The number of nitrogens with zero attached hydrogens (tertiary/aromatic N) is 1. The van der Waals surface area contributed by atoms with E-state index >= 15 is 0 Å². The highest BCUT2D eigenvalue weighted by atomic mass is 35.5. The normalized spacial score (nSPS) is 23.0. The fourth-order valence-corrected chi connectivity index (χ4v) is 1.48. The minimum Gasteiger partial charge on any atom is -0.468 e. The van der Waals surface area contributed by atoms with Crippen LogP contribution >= 0.6 is 12.4 Å². The SMILES string of the molecule is CN1Cc2occc2C(O)C1.Cl. The van der Waals surface area contributed by atoms with Crippen molar-refractivity contribution in [2.24, 2.45) is 0 Å². The first-order valence-electron chi connectivity index (χ1n) is 3.70. The predicted molar refractivity (Wildman–Crippen MR) is 47.2 cm³/mol. The molecule has 4 heteroatoms. The predicted octanol–water partition coefficient (Wildman–Crippen LogP) is 1.18. The van der Waals surface area contributed by atoms with Crippen molar-refractivity contribution in [2.45, 2.75) is 12.6 Å². The fourth-order valence-electron chi connectivity index (χ4n) is 1.48. The quantitative estimate of drug-likeness (QED) is 0.666. The lowest BCUT2D eigenvalue weighted by Crippen LogP contribution is -2.29. The van der Waals surface area contributed by atoms with Crippen LogP contribution in [-0.2, 0) is 6.54 Å². The molecule has 0 fully saturated rings. The molecule has 68 valence electrons. The van der Waals surface area contributed by atoms with Gasteiger partial charge in [0.15, 0.2) is 0 Å². The van der Waals surface area contributed by atoms with Crippen LogP contribution in [0.25, 0.3) is 0 Å². The molecule has 1 aromatic heterocycles. The van der Waals surface area contributed by atoms with Gasteiger partial charge in [-0.2, -0.15) is 0 Å². The number of aliphatic hydroxyl groups excluding tert-OH is 1. The van der Waals surface area contributed by atoms with Crippen molar-refractivity contribution < 1.29 is 9.52 Å². The van der Waals surface area contributed by atoms with Gasteiger partial charge in [-0.3, -0.25) is 4.90 Å². The first-order valence-corrected chi connectivity index (χ1v) is 3.70. The minimum absolute atomic E-state index is 0. The van der Waals surface area contributed by atoms with Gasteiger partial charge in [0.1, 0.15) is 5.76 Å². The van der Waals surface area contributed by atoms with Crippen LogP contribution in [0.5, 0.6) is 0 Å². The molecule has 0 aromatic carbocycles. The Morgan fingerprint density at radius 2 is 2.42 bits per heavy atom. The highest BCUT2D eigenvalue weighted by Crippen LogP contribution is 2.25. The summed E-state index contributed by atoms with van der Waals surface area (Å²) in [4.78, 5) is 2.04. The molecule has 0 amide bonds. The summed E-state index contributed by atoms with van der Waals surface area (Å²) in [6, 6.07) is 1.84. The molecule has 2 rings (SSSR count). The van der Waals surface area contributed by atoms with Crippen LogP contribution in [0.1, 0.15) is 17.4 Å². The molecule has 1 aliphatic heterocycles. The molecule has 1 N–H and O–H groups in total. The molecule has 0 radical (unpaired) electrons. The Bertz CT molecular complexity index is 261. The lowest BCUT2D eigenvalue weighted by Gasteiger charge is -2.25. The van der Waals surface area contributed by atoms with Crippen LogP contribution < -0.4 is 0 Å². The number of β-amino-alcohol motifs (C(OH)–C–C–N with tert-alkyl or cyclic N) is 1. The second-order valence-corrected chi connectivity index (χ2v) is 3.01. The van der Waals surface area contributed by atoms with Gasteiger partial charge in [0.25, 0.3) is 0 Å². The number of aliphatic hydroxyl groups is 1. The van der Waals surface area contributed by atoms with Crippen LogP contribution in [0, 0.1) is 0 Å². The Morgan fingerprint density at radius 1 is 1.67 bits per heavy atom. The fraction of sp³-hybridized carbons (Fsp3) is 0.500. The Kier molecular flexibility index (Phi) is 2.77. The zero-order valence-corrected chi connectivity index (χ0v) is 7.67. The van der Waals surface area contributed by atoms with E-state index in [1.54, 1.807) is 6.26 Å². The van der Waals surface area contributed by atoms with Gasteiger partial charge in [-0.1, -0.05) is 0 Å². The van der Waals surface area contributed by atoms with Gasteiger partial charge in [-0.15, -0.1) is 12.4 Å². The molecule has 0 spiro atoms. The number of halogens is 1. The van der Waals surface area contributed by atoms with E-state index in [-0.39, 0.29) is 18.5 Å². The summed E-state index contributed by atoms with van der Waals surface area (Å²) in [7, 11) is 1.97. The van der Waals surface area contributed by atoms with E-state index in [0.717, 1.165) is 17.9 Å². The van der Waals surface area contributed by atoms with Gasteiger partial charge in [0, 0.05) is 12.1 Å². The van der Waals surface area contributed by atoms with E-state index in [9.17, 15) is 5.11 Å². The molecule has 1 unspecified atom stereocenters. The van der Waals surface area contributed by atoms with Gasteiger partial charge >= 0.3 is 0 Å². The molecular formula is C8H12ClNO2. The molecular weight excluding hydrogens is 178 g/mol. The van der Waals surface area contributed by atoms with E-state index in [0.29, 0.717) is 6.54 Å². The molecule has 3 nitrogen and oxygen atoms in total. The van der Waals surface area contributed by atoms with E-state index in [4.69, 9.17) is 4.42 Å². The maximum atomic E-state index is 9.52. The summed E-state index contributed by atoms with van der Waals surface area (Å²) >= 11 is 0. The zero-order chi connectivity index (χ0) is 7.84. The van der Waals surface area contributed by atoms with Crippen molar-refractivity contribution in [2.75, 3.05) is 13.6 Å². The average Bonchev–Trinajstić information content (AvgIpc) is 2.34. The van der Waals surface area contributed by atoms with Crippen molar-refractivity contribution in [3.63, 3.8) is 0 Å². The highest BCUT2D eigenvalue weighted by Gasteiger charge is 2.23. The van der Waals surface area contributed by atoms with Crippen LogP contribution in [0.15, 0.2) is 16.7 Å². The average molecular weight is 190 g/mol. The second-order valence-electron chi connectivity index (χ2n) is 3.01. The molecule has 0 bridgehead atoms. The number of furan rings is 1. The van der Waals surface area contributed by atoms with Gasteiger partial charge < -0.3 is 9.52 Å². The third kappa shape index (κ3) is 1.48. The molecule has 2 heterocycles. The van der Waals surface area contributed by atoms with E-state index < -0.39 is 0 Å². The molecule has 1 aliphatic rings. The van der Waals surface area contributed by atoms with Gasteiger partial charge in [-0.25, -0.2) is 0 Å². The second kappa shape index (κ2) is 3.47. The van der Waals surface area contributed by atoms with Gasteiger partial charge in [0.2, 0.25) is 0 Å². The largest absolute Gasteiger partial charge is 0.468 e. The lowest BCUT2D eigenvalue weighted by atomic mass is 10.1. The van der Waals surface area contributed by atoms with Gasteiger partial charge in [-0.05, 0) is 13.1 Å². The summed E-state index contributed by atoms with van der Waals surface area (Å²) in [5.41, 5.74) is 0.947. The number of hydrogen-bond acceptors (Lipinski definition) is 3. The Morgan fingerprint density at radius 3 is 3.17 bits per heavy atom. The van der Waals surface area contributed by atoms with Crippen LogP contribution in [0.2, 0.25) is 0 Å². The van der Waals surface area contributed by atoms with Crippen molar-refractivity contribution >= 4 is 12.4 Å². The minimum atomic E-state index is -0.373. The number of rotatable bonds is 0. The Hall–Kier alpha value is -0.510. The Balaban J connectivity index is 0.000000720. The Labute approximate surface area is 77.4 Å². The van der Waals surface area contributed by atoms with Crippen LogP contribution in [-0.4, -0.2) is 23.6 Å². The van der Waals surface area contributed by atoms with Gasteiger partial charge in [0.05, 0.1) is 18.9 Å². The number of likely N-dealkylation sites (N-methyl/N-ethyl adjacent to an activating group) is 1. The van der Waals surface area contributed by atoms with Crippen molar-refractivity contribution in [1.29, 1.82) is 0 Å². The van der Waals surface area contributed by atoms with Crippen molar-refractivity contribution in [3.05, 3.63) is 23.7 Å². The molecule has 1 atom stereocenters. The van der Waals surface area contributed by atoms with E-state index in [1.807, 2.05) is 18.0 Å². The zero-order valence-electron chi connectivity index (χ0n) is 6.86. The summed E-state index contributed by atoms with van der Waals surface area (Å²) in [5.74, 6) is 0.895. The summed E-state index contributed by atoms with van der Waals surface area (Å²) in [5, 5.41) is 9.52. The number of hydrogen-bond donors (Lipinski definition) is 1. The summed E-state index contributed by atoms with van der Waals surface area (Å²) < 4.78 is 5.20. The summed E-state index contributed by atoms with van der Waals surface area (Å²) in [6.07, 6.45) is 1.26. The third-order valence-electron chi connectivity index (χ3n) is 2.04. The van der Waals surface area contributed by atoms with Crippen molar-refractivity contribution in [1.82, 2.24) is 4.90 Å². The van der Waals surface area contributed by atoms with Crippen LogP contribution in [0.4, 0.5) is 0 Å². The molecule has 0 saturated heterocycles. The monoisotopic (exact) mass is 189 g/mol. The third-order valence-corrected chi connectivity index (χ3v) is 2.04. The topological polar surface area (TPSA) is 36.6 Å². The smallest absolute Gasteiger partial charge is 0.123 e. The van der Waals surface area contributed by atoms with E-state index in [2.05, 4.69) is 0 Å².